The highest BCUT2D eigenvalue weighted by atomic mass is 35.5. The van der Waals surface area contributed by atoms with E-state index in [0.717, 1.165) is 5.56 Å². The first-order valence-corrected chi connectivity index (χ1v) is 11.0. The third-order valence-electron chi connectivity index (χ3n) is 5.69. The predicted molar refractivity (Wildman–Crippen MR) is 131 cm³/mol. The van der Waals surface area contributed by atoms with E-state index in [4.69, 9.17) is 20.9 Å². The van der Waals surface area contributed by atoms with Crippen molar-refractivity contribution in [3.05, 3.63) is 101 Å². The van der Waals surface area contributed by atoms with Crippen molar-refractivity contribution < 1.29 is 24.3 Å². The third kappa shape index (κ3) is 3.92. The summed E-state index contributed by atoms with van der Waals surface area (Å²) in [5.41, 5.74) is 2.94. The van der Waals surface area contributed by atoms with Gasteiger partial charge in [-0.15, -0.1) is 0 Å². The van der Waals surface area contributed by atoms with Crippen LogP contribution >= 0.6 is 11.6 Å². The van der Waals surface area contributed by atoms with E-state index in [9.17, 15) is 15.0 Å². The van der Waals surface area contributed by atoms with Crippen molar-refractivity contribution in [2.45, 2.75) is 0 Å². The van der Waals surface area contributed by atoms with Crippen LogP contribution in [0, 0.1) is 0 Å². The number of hydrogen-bond acceptors (Lipinski definition) is 6. The summed E-state index contributed by atoms with van der Waals surface area (Å²) in [6.45, 7) is 0. The zero-order chi connectivity index (χ0) is 24.5. The van der Waals surface area contributed by atoms with Crippen molar-refractivity contribution >= 4 is 17.4 Å². The van der Waals surface area contributed by atoms with Gasteiger partial charge in [0.2, 0.25) is 5.88 Å². The second kappa shape index (κ2) is 9.04. The Morgan fingerprint density at radius 1 is 0.971 bits per heavy atom. The van der Waals surface area contributed by atoms with E-state index in [1.54, 1.807) is 78.9 Å². The fraction of sp³-hybridized carbons (Fsp3) is 0.0370. The van der Waals surface area contributed by atoms with E-state index in [1.165, 1.54) is 17.9 Å². The molecule has 0 spiro atoms. The fourth-order valence-corrected chi connectivity index (χ4v) is 4.18. The van der Waals surface area contributed by atoms with Gasteiger partial charge in [-0.1, -0.05) is 47.1 Å². The topological polar surface area (TPSA) is 97.7 Å². The van der Waals surface area contributed by atoms with E-state index in [-0.39, 0.29) is 11.3 Å². The highest BCUT2D eigenvalue weighted by Crippen LogP contribution is 2.45. The molecule has 0 fully saturated rings. The van der Waals surface area contributed by atoms with Crippen LogP contribution in [-0.2, 0) is 0 Å². The number of rotatable bonds is 6. The minimum Gasteiger partial charge on any atom is -0.503 e. The predicted octanol–water partition coefficient (Wildman–Crippen LogP) is 6.10. The number of benzene rings is 3. The fourth-order valence-electron chi connectivity index (χ4n) is 3.95. The third-order valence-corrected chi connectivity index (χ3v) is 6.02. The number of ether oxygens (including phenoxy) is 1. The molecule has 5 rings (SSSR count). The van der Waals surface area contributed by atoms with Crippen LogP contribution < -0.4 is 4.74 Å². The van der Waals surface area contributed by atoms with Crippen molar-refractivity contribution in [1.82, 2.24) is 9.72 Å². The summed E-state index contributed by atoms with van der Waals surface area (Å²) in [6, 6.07) is 22.2. The molecule has 0 saturated heterocycles. The Labute approximate surface area is 205 Å². The second-order valence-electron chi connectivity index (χ2n) is 7.70. The highest BCUT2D eigenvalue weighted by Gasteiger charge is 2.30. The molecule has 35 heavy (non-hydrogen) atoms. The van der Waals surface area contributed by atoms with E-state index >= 15 is 0 Å². The molecule has 174 valence electrons. The first kappa shape index (κ1) is 22.3. The van der Waals surface area contributed by atoms with Crippen LogP contribution in [0.1, 0.15) is 15.9 Å². The molecule has 0 saturated carbocycles. The van der Waals surface area contributed by atoms with Gasteiger partial charge in [-0.25, -0.2) is 0 Å². The summed E-state index contributed by atoms with van der Waals surface area (Å²) in [7, 11) is 1.53. The number of aromatic hydroxyl groups is 2. The Hall–Kier alpha value is -4.49. The number of hydrogen-bond donors (Lipinski definition) is 2. The highest BCUT2D eigenvalue weighted by molar-refractivity contribution is 6.33. The minimum atomic E-state index is -0.540. The Morgan fingerprint density at radius 2 is 1.69 bits per heavy atom. The molecule has 3 aromatic carbocycles. The van der Waals surface area contributed by atoms with Gasteiger partial charge in [0.05, 0.1) is 18.4 Å². The van der Waals surface area contributed by atoms with Gasteiger partial charge in [-0.2, -0.15) is 0 Å². The Morgan fingerprint density at radius 3 is 2.31 bits per heavy atom. The largest absolute Gasteiger partial charge is 0.503 e. The molecule has 2 N–H and O–H groups in total. The van der Waals surface area contributed by atoms with Gasteiger partial charge in [0.25, 0.3) is 0 Å². The van der Waals surface area contributed by atoms with Crippen LogP contribution in [0.5, 0.6) is 17.4 Å². The Kier molecular flexibility index (Phi) is 5.76. The molecular weight excluding hydrogens is 468 g/mol. The zero-order valence-corrected chi connectivity index (χ0v) is 19.2. The lowest BCUT2D eigenvalue weighted by Crippen LogP contribution is -2.05. The van der Waals surface area contributed by atoms with Gasteiger partial charge in [0, 0.05) is 33.5 Å². The number of carbonyl (C=O) groups is 1. The second-order valence-corrected chi connectivity index (χ2v) is 8.11. The molecule has 2 aromatic heterocycles. The monoisotopic (exact) mass is 486 g/mol. The van der Waals surface area contributed by atoms with E-state index in [0.29, 0.717) is 33.3 Å². The summed E-state index contributed by atoms with van der Waals surface area (Å²) in [6.07, 6.45) is 1.48. The molecular formula is C27H19ClN2O5. The SMILES string of the molecule is COc1ccc(C(=O)c2c(O)c(O)n(-c3ccc(-c4ccon4)cc3)c2-c2ccccc2Cl)cc1. The normalized spacial score (nSPS) is 10.9. The maximum absolute atomic E-state index is 13.6. The van der Waals surface area contributed by atoms with Crippen LogP contribution in [0.2, 0.25) is 5.02 Å². The number of aromatic nitrogens is 2. The van der Waals surface area contributed by atoms with Gasteiger partial charge in [-0.3, -0.25) is 9.36 Å². The van der Waals surface area contributed by atoms with Crippen molar-refractivity contribution in [2.24, 2.45) is 0 Å². The molecule has 7 nitrogen and oxygen atoms in total. The van der Waals surface area contributed by atoms with E-state index in [1.807, 2.05) is 0 Å². The van der Waals surface area contributed by atoms with Crippen LogP contribution in [0.15, 0.2) is 89.6 Å². The zero-order valence-electron chi connectivity index (χ0n) is 18.5. The Balaban J connectivity index is 1.72. The number of methoxy groups -OCH3 is 1. The molecule has 0 amide bonds. The molecule has 0 aliphatic heterocycles. The lowest BCUT2D eigenvalue weighted by Gasteiger charge is -2.13. The maximum atomic E-state index is 13.6. The number of halogens is 1. The quantitative estimate of drug-likeness (QED) is 0.281. The van der Waals surface area contributed by atoms with Gasteiger partial charge in [0.1, 0.15) is 17.7 Å². The Bertz CT molecular complexity index is 1500. The lowest BCUT2D eigenvalue weighted by molar-refractivity contribution is 0.103. The average molecular weight is 487 g/mol. The van der Waals surface area contributed by atoms with Crippen molar-refractivity contribution in [3.8, 4) is 45.6 Å². The lowest BCUT2D eigenvalue weighted by atomic mass is 9.99. The molecule has 0 bridgehead atoms. The molecule has 0 radical (unpaired) electrons. The summed E-state index contributed by atoms with van der Waals surface area (Å²) < 4.78 is 11.5. The van der Waals surface area contributed by atoms with Crippen LogP contribution in [0.4, 0.5) is 0 Å². The van der Waals surface area contributed by atoms with Crippen LogP contribution in [0.25, 0.3) is 28.2 Å². The van der Waals surface area contributed by atoms with Gasteiger partial charge in [-0.05, 0) is 42.5 Å². The molecule has 2 heterocycles. The molecule has 5 aromatic rings. The molecule has 0 atom stereocenters. The van der Waals surface area contributed by atoms with E-state index < -0.39 is 17.4 Å². The van der Waals surface area contributed by atoms with Crippen LogP contribution in [-0.4, -0.2) is 32.8 Å². The summed E-state index contributed by atoms with van der Waals surface area (Å²) in [5.74, 6) is -0.912. The van der Waals surface area contributed by atoms with E-state index in [2.05, 4.69) is 5.16 Å². The summed E-state index contributed by atoms with van der Waals surface area (Å²) in [4.78, 5) is 13.6. The van der Waals surface area contributed by atoms with Gasteiger partial charge in [0.15, 0.2) is 11.5 Å². The molecule has 8 heteroatoms. The molecule has 0 aliphatic carbocycles. The van der Waals surface area contributed by atoms with Gasteiger partial charge >= 0.3 is 0 Å². The number of carbonyl (C=O) groups excluding carboxylic acids is 1. The number of nitrogens with zero attached hydrogens (tertiary/aromatic N) is 2. The molecule has 0 unspecified atom stereocenters. The smallest absolute Gasteiger partial charge is 0.240 e. The standard InChI is InChI=1S/C27H19ClN2O5/c1-34-19-12-8-17(9-13-19)25(31)23-24(20-4-2-3-5-21(20)28)30(27(33)26(23)32)18-10-6-16(7-11-18)22-14-15-35-29-22/h2-15,32-33H,1H3. The van der Waals surface area contributed by atoms with Crippen molar-refractivity contribution in [2.75, 3.05) is 7.11 Å². The first-order valence-electron chi connectivity index (χ1n) is 10.6. The summed E-state index contributed by atoms with van der Waals surface area (Å²) in [5, 5.41) is 26.3. The summed E-state index contributed by atoms with van der Waals surface area (Å²) >= 11 is 6.51. The minimum absolute atomic E-state index is 0.0682. The number of ketones is 1. The van der Waals surface area contributed by atoms with Crippen LogP contribution in [0.3, 0.4) is 0 Å². The average Bonchev–Trinajstić information content (AvgIpc) is 3.51. The van der Waals surface area contributed by atoms with Gasteiger partial charge < -0.3 is 19.5 Å². The van der Waals surface area contributed by atoms with Crippen molar-refractivity contribution in [1.29, 1.82) is 0 Å². The maximum Gasteiger partial charge on any atom is 0.240 e. The first-order chi connectivity index (χ1) is 17.0. The van der Waals surface area contributed by atoms with Crippen molar-refractivity contribution in [3.63, 3.8) is 0 Å². The molecule has 0 aliphatic rings.